The number of benzene rings is 13. The molecule has 0 saturated heterocycles. The Balaban J connectivity index is 1.07. The van der Waals surface area contributed by atoms with Crippen LogP contribution in [0.4, 0.5) is 0 Å². The van der Waals surface area contributed by atoms with E-state index in [0.29, 0.717) is 0 Å². The third-order valence-corrected chi connectivity index (χ3v) is 16.8. The van der Waals surface area contributed by atoms with E-state index in [-0.39, 0.29) is 0 Å². The molecule has 0 amide bonds. The number of hydrogen-bond donors (Lipinski definition) is 0. The SMILES string of the molecule is c1ccc(-n2c3ccccc3c3c(-c4cccc5c(-c6cccc7c6C(c6ccccc6)(c6ccccc6)c6ccccc6-7)c6cccc(-c7cccc8c7c7ccccc7n8-c7ccccc7)c6cc45)cccc32)cc1. The van der Waals surface area contributed by atoms with Crippen molar-refractivity contribution in [3.63, 3.8) is 0 Å². The summed E-state index contributed by atoms with van der Waals surface area (Å²) in [6.45, 7) is 0. The number of rotatable bonds is 7. The number of hydrogen-bond acceptors (Lipinski definition) is 0. The summed E-state index contributed by atoms with van der Waals surface area (Å²) in [5, 5.41) is 9.82. The molecule has 2 heterocycles. The van der Waals surface area contributed by atoms with Crippen molar-refractivity contribution >= 4 is 65.2 Å². The third-order valence-electron chi connectivity index (χ3n) is 16.8. The molecule has 0 saturated carbocycles. The zero-order valence-electron chi connectivity index (χ0n) is 42.1. The minimum Gasteiger partial charge on any atom is -0.309 e. The number of nitrogens with zero attached hydrogens (tertiary/aromatic N) is 2. The molecule has 0 aliphatic heterocycles. The minimum absolute atomic E-state index is 0.621. The molecule has 2 nitrogen and oxygen atoms in total. The first kappa shape index (κ1) is 43.4. The average Bonchev–Trinajstić information content (AvgIpc) is 4.27. The van der Waals surface area contributed by atoms with Gasteiger partial charge < -0.3 is 9.13 Å². The van der Waals surface area contributed by atoms with Crippen molar-refractivity contribution in [3.05, 3.63) is 313 Å². The van der Waals surface area contributed by atoms with Crippen LogP contribution in [0, 0.1) is 0 Å². The van der Waals surface area contributed by atoms with Crippen LogP contribution in [0.5, 0.6) is 0 Å². The van der Waals surface area contributed by atoms with Gasteiger partial charge in [-0.25, -0.2) is 0 Å². The van der Waals surface area contributed by atoms with Crippen LogP contribution >= 0.6 is 0 Å². The van der Waals surface area contributed by atoms with Crippen LogP contribution in [0.15, 0.2) is 291 Å². The van der Waals surface area contributed by atoms with E-state index < -0.39 is 5.41 Å². The van der Waals surface area contributed by atoms with Gasteiger partial charge in [0.1, 0.15) is 0 Å². The van der Waals surface area contributed by atoms with Gasteiger partial charge in [0.05, 0.1) is 27.5 Å². The van der Waals surface area contributed by atoms with Crippen LogP contribution in [0.25, 0.3) is 121 Å². The van der Waals surface area contributed by atoms with Gasteiger partial charge in [-0.2, -0.15) is 0 Å². The van der Waals surface area contributed by atoms with Gasteiger partial charge in [0.2, 0.25) is 0 Å². The van der Waals surface area contributed by atoms with Crippen LogP contribution in [-0.4, -0.2) is 9.13 Å². The van der Waals surface area contributed by atoms with Gasteiger partial charge in [0, 0.05) is 32.9 Å². The van der Waals surface area contributed by atoms with Gasteiger partial charge in [-0.15, -0.1) is 0 Å². The number of fused-ring (bicyclic) bond motifs is 11. The van der Waals surface area contributed by atoms with Gasteiger partial charge in [0.15, 0.2) is 0 Å². The molecular formula is C75H48N2. The second-order valence-corrected chi connectivity index (χ2v) is 20.6. The van der Waals surface area contributed by atoms with E-state index in [0.717, 1.165) is 11.4 Å². The summed E-state index contributed by atoms with van der Waals surface area (Å²) < 4.78 is 4.87. The summed E-state index contributed by atoms with van der Waals surface area (Å²) in [5.74, 6) is 0. The van der Waals surface area contributed by atoms with E-state index in [1.165, 1.54) is 132 Å². The molecule has 2 aromatic heterocycles. The van der Waals surface area contributed by atoms with Crippen LogP contribution in [0.3, 0.4) is 0 Å². The molecule has 0 atom stereocenters. The molecule has 0 bridgehead atoms. The molecule has 15 aromatic rings. The quantitative estimate of drug-likeness (QED) is 0.141. The molecule has 0 spiro atoms. The van der Waals surface area contributed by atoms with Crippen molar-refractivity contribution < 1.29 is 0 Å². The van der Waals surface area contributed by atoms with Gasteiger partial charge in [-0.05, 0) is 143 Å². The van der Waals surface area contributed by atoms with Gasteiger partial charge in [0.25, 0.3) is 0 Å². The first-order valence-electron chi connectivity index (χ1n) is 26.8. The topological polar surface area (TPSA) is 9.86 Å². The van der Waals surface area contributed by atoms with Crippen LogP contribution in [0.2, 0.25) is 0 Å². The highest BCUT2D eigenvalue weighted by Crippen LogP contribution is 2.60. The van der Waals surface area contributed by atoms with Crippen LogP contribution in [-0.2, 0) is 5.41 Å². The van der Waals surface area contributed by atoms with Gasteiger partial charge >= 0.3 is 0 Å². The summed E-state index contributed by atoms with van der Waals surface area (Å²) in [6.07, 6.45) is 0. The Hall–Kier alpha value is -10.0. The van der Waals surface area contributed by atoms with E-state index in [1.54, 1.807) is 0 Å². The monoisotopic (exact) mass is 976 g/mol. The maximum atomic E-state index is 2.53. The minimum atomic E-state index is -0.621. The molecular weight excluding hydrogens is 929 g/mol. The summed E-state index contributed by atoms with van der Waals surface area (Å²) in [6, 6.07) is 109. The van der Waals surface area contributed by atoms with E-state index in [2.05, 4.69) is 300 Å². The van der Waals surface area contributed by atoms with Crippen molar-refractivity contribution in [1.29, 1.82) is 0 Å². The summed E-state index contributed by atoms with van der Waals surface area (Å²) in [4.78, 5) is 0. The standard InChI is InChI=1S/C75H48N2/c1-5-24-49(25-6-1)75(50-26-7-2-8-27-50)66-43-16-13-32-55(66)60-41-21-42-63(74(60)75)71-58-37-19-35-53(56-39-22-46-69-72(56)61-33-14-17-44-67(61)76(69)51-28-9-3-10-29-51)64(58)48-65-54(36-20-38-59(65)71)57-40-23-47-70-73(57)62-34-15-18-45-68(62)77(70)52-30-11-4-12-31-52/h1-48H. The molecule has 0 fully saturated rings. The summed E-state index contributed by atoms with van der Waals surface area (Å²) in [7, 11) is 0. The molecule has 2 heteroatoms. The van der Waals surface area contributed by atoms with Crippen LogP contribution < -0.4 is 0 Å². The lowest BCUT2D eigenvalue weighted by atomic mass is 9.65. The molecule has 13 aromatic carbocycles. The molecule has 0 N–H and O–H groups in total. The zero-order valence-corrected chi connectivity index (χ0v) is 42.1. The number of aromatic nitrogens is 2. The predicted molar refractivity (Wildman–Crippen MR) is 324 cm³/mol. The normalized spacial score (nSPS) is 12.8. The second kappa shape index (κ2) is 17.0. The molecule has 0 radical (unpaired) electrons. The Morgan fingerprint density at radius 3 is 1.13 bits per heavy atom. The Bertz CT molecular complexity index is 4580. The highest BCUT2D eigenvalue weighted by Gasteiger charge is 2.47. The summed E-state index contributed by atoms with van der Waals surface area (Å²) >= 11 is 0. The lowest BCUT2D eigenvalue weighted by Gasteiger charge is -2.35. The molecule has 358 valence electrons. The maximum Gasteiger partial charge on any atom is 0.0719 e. The maximum absolute atomic E-state index is 2.53. The number of para-hydroxylation sites is 4. The van der Waals surface area contributed by atoms with Gasteiger partial charge in [-0.3, -0.25) is 0 Å². The highest BCUT2D eigenvalue weighted by molar-refractivity contribution is 6.25. The third kappa shape index (κ3) is 6.18. The van der Waals surface area contributed by atoms with Crippen molar-refractivity contribution in [3.8, 4) is 55.9 Å². The fourth-order valence-corrected chi connectivity index (χ4v) is 13.8. The fraction of sp³-hybridized carbons (Fsp3) is 0.0133. The van der Waals surface area contributed by atoms with E-state index >= 15 is 0 Å². The van der Waals surface area contributed by atoms with Crippen molar-refractivity contribution in [2.75, 3.05) is 0 Å². The van der Waals surface area contributed by atoms with Crippen molar-refractivity contribution in [2.24, 2.45) is 0 Å². The Morgan fingerprint density at radius 2 is 0.597 bits per heavy atom. The van der Waals surface area contributed by atoms with Crippen molar-refractivity contribution in [2.45, 2.75) is 5.41 Å². The Labute approximate surface area is 446 Å². The Morgan fingerprint density at radius 1 is 0.234 bits per heavy atom. The smallest absolute Gasteiger partial charge is 0.0719 e. The summed E-state index contributed by atoms with van der Waals surface area (Å²) in [5.41, 5.74) is 21.4. The predicted octanol–water partition coefficient (Wildman–Crippen LogP) is 19.6. The molecule has 77 heavy (non-hydrogen) atoms. The van der Waals surface area contributed by atoms with E-state index in [1.807, 2.05) is 0 Å². The van der Waals surface area contributed by atoms with E-state index in [4.69, 9.17) is 0 Å². The molecule has 1 aliphatic carbocycles. The average molecular weight is 977 g/mol. The van der Waals surface area contributed by atoms with E-state index in [9.17, 15) is 0 Å². The molecule has 16 rings (SSSR count). The second-order valence-electron chi connectivity index (χ2n) is 20.6. The van der Waals surface area contributed by atoms with Crippen molar-refractivity contribution in [1.82, 2.24) is 9.13 Å². The fourth-order valence-electron chi connectivity index (χ4n) is 13.8. The highest BCUT2D eigenvalue weighted by atomic mass is 15.0. The molecule has 1 aliphatic rings. The lowest BCUT2D eigenvalue weighted by Crippen LogP contribution is -2.29. The lowest BCUT2D eigenvalue weighted by molar-refractivity contribution is 0.770. The zero-order chi connectivity index (χ0) is 50.6. The largest absolute Gasteiger partial charge is 0.309 e. The first-order chi connectivity index (χ1) is 38.3. The first-order valence-corrected chi connectivity index (χ1v) is 26.8. The van der Waals surface area contributed by atoms with Gasteiger partial charge in [-0.1, -0.05) is 237 Å². The molecule has 0 unspecified atom stereocenters. The van der Waals surface area contributed by atoms with Crippen LogP contribution in [0.1, 0.15) is 22.3 Å². The Kier molecular flexibility index (Phi) is 9.58.